The molecule has 1 aromatic carbocycles. The maximum Gasteiger partial charge on any atom is 0.193 e. The number of nitriles is 1. The quantitative estimate of drug-likeness (QED) is 0.745. The lowest BCUT2D eigenvalue weighted by molar-refractivity contribution is 0.626. The first-order valence-electron chi connectivity index (χ1n) is 4.44. The molecule has 0 atom stereocenters. The molecule has 1 heterocycles. The molecule has 16 heavy (non-hydrogen) atoms. The zero-order chi connectivity index (χ0) is 11.4. The van der Waals surface area contributed by atoms with Crippen LogP contribution in [0, 0.1) is 17.1 Å². The van der Waals surface area contributed by atoms with Gasteiger partial charge in [-0.15, -0.1) is 0 Å². The van der Waals surface area contributed by atoms with E-state index in [9.17, 15) is 4.39 Å². The Balaban J connectivity index is 2.21. The number of rotatable bonds is 2. The van der Waals surface area contributed by atoms with Crippen molar-refractivity contribution in [1.29, 1.82) is 5.26 Å². The highest BCUT2D eigenvalue weighted by atomic mass is 32.2. The van der Waals surface area contributed by atoms with Gasteiger partial charge < -0.3 is 0 Å². The van der Waals surface area contributed by atoms with Gasteiger partial charge in [0, 0.05) is 11.1 Å². The Morgan fingerprint density at radius 1 is 1.19 bits per heavy atom. The maximum absolute atomic E-state index is 12.7. The number of hydrogen-bond donors (Lipinski definition) is 0. The van der Waals surface area contributed by atoms with Gasteiger partial charge in [0.25, 0.3) is 0 Å². The Morgan fingerprint density at radius 3 is 2.62 bits per heavy atom. The van der Waals surface area contributed by atoms with Gasteiger partial charge in [-0.2, -0.15) is 5.26 Å². The van der Waals surface area contributed by atoms with E-state index in [1.165, 1.54) is 36.2 Å². The van der Waals surface area contributed by atoms with Crippen LogP contribution < -0.4 is 0 Å². The van der Waals surface area contributed by atoms with Crippen LogP contribution in [0.15, 0.2) is 46.6 Å². The highest BCUT2D eigenvalue weighted by Crippen LogP contribution is 2.24. The molecule has 3 nitrogen and oxygen atoms in total. The fourth-order valence-corrected chi connectivity index (χ4v) is 1.80. The van der Waals surface area contributed by atoms with Crippen LogP contribution >= 0.6 is 11.8 Å². The first kappa shape index (κ1) is 10.6. The van der Waals surface area contributed by atoms with E-state index < -0.39 is 0 Å². The van der Waals surface area contributed by atoms with Crippen molar-refractivity contribution in [3.8, 4) is 6.07 Å². The summed E-state index contributed by atoms with van der Waals surface area (Å²) in [5.41, 5.74) is 0.319. The minimum absolute atomic E-state index is 0.281. The molecule has 0 aliphatic rings. The first-order chi connectivity index (χ1) is 7.78. The number of nitrogens with zero attached hydrogens (tertiary/aromatic N) is 3. The summed E-state index contributed by atoms with van der Waals surface area (Å²) in [6.45, 7) is 0. The van der Waals surface area contributed by atoms with E-state index in [1.807, 2.05) is 6.07 Å². The molecule has 0 amide bonds. The van der Waals surface area contributed by atoms with Gasteiger partial charge in [-0.05, 0) is 42.1 Å². The minimum atomic E-state index is -0.281. The van der Waals surface area contributed by atoms with Crippen molar-refractivity contribution in [3.05, 3.63) is 48.0 Å². The van der Waals surface area contributed by atoms with Gasteiger partial charge >= 0.3 is 0 Å². The molecule has 2 aromatic rings. The summed E-state index contributed by atoms with van der Waals surface area (Å²) in [5.74, 6) is -0.281. The fraction of sp³-hybridized carbons (Fsp3) is 0. The molecule has 0 radical (unpaired) electrons. The molecule has 0 aliphatic carbocycles. The molecule has 0 saturated carbocycles. The van der Waals surface area contributed by atoms with E-state index in [-0.39, 0.29) is 5.82 Å². The second-order valence-electron chi connectivity index (χ2n) is 2.89. The Hall–Kier alpha value is -1.93. The highest BCUT2D eigenvalue weighted by Gasteiger charge is 2.01. The standard InChI is InChI=1S/C11H6FN3S/c12-8-1-3-10(4-2-8)16-11-14-6-5-9(7-13)15-11/h1-6H. The molecule has 0 spiro atoms. The third-order valence-corrected chi connectivity index (χ3v) is 2.66. The largest absolute Gasteiger partial charge is 0.231 e. The van der Waals surface area contributed by atoms with Gasteiger partial charge in [0.1, 0.15) is 17.6 Å². The molecule has 0 bridgehead atoms. The molecule has 0 N–H and O–H groups in total. The molecule has 78 valence electrons. The summed E-state index contributed by atoms with van der Waals surface area (Å²) < 4.78 is 12.7. The Bertz CT molecular complexity index is 534. The van der Waals surface area contributed by atoms with Gasteiger partial charge in [-0.3, -0.25) is 0 Å². The van der Waals surface area contributed by atoms with Crippen molar-refractivity contribution < 1.29 is 4.39 Å². The van der Waals surface area contributed by atoms with Crippen LogP contribution in [0.3, 0.4) is 0 Å². The molecule has 0 unspecified atom stereocenters. The van der Waals surface area contributed by atoms with Crippen LogP contribution in [-0.2, 0) is 0 Å². The minimum Gasteiger partial charge on any atom is -0.231 e. The van der Waals surface area contributed by atoms with Gasteiger partial charge in [0.05, 0.1) is 0 Å². The molecule has 0 fully saturated rings. The van der Waals surface area contributed by atoms with Crippen LogP contribution in [0.25, 0.3) is 0 Å². The number of hydrogen-bond acceptors (Lipinski definition) is 4. The molecule has 1 aromatic heterocycles. The zero-order valence-electron chi connectivity index (χ0n) is 8.09. The average Bonchev–Trinajstić information content (AvgIpc) is 2.32. The number of benzene rings is 1. The van der Waals surface area contributed by atoms with Crippen LogP contribution in [0.4, 0.5) is 4.39 Å². The van der Waals surface area contributed by atoms with E-state index in [0.29, 0.717) is 10.9 Å². The SMILES string of the molecule is N#Cc1ccnc(Sc2ccc(F)cc2)n1. The predicted molar refractivity (Wildman–Crippen MR) is 57.3 cm³/mol. The summed E-state index contributed by atoms with van der Waals surface area (Å²) in [4.78, 5) is 8.85. The molecule has 0 saturated heterocycles. The summed E-state index contributed by atoms with van der Waals surface area (Å²) in [6, 6.07) is 9.50. The third kappa shape index (κ3) is 2.55. The Labute approximate surface area is 96.0 Å². The summed E-state index contributed by atoms with van der Waals surface area (Å²) in [5, 5.41) is 9.14. The van der Waals surface area contributed by atoms with Crippen LogP contribution in [-0.4, -0.2) is 9.97 Å². The van der Waals surface area contributed by atoms with Gasteiger partial charge in [-0.25, -0.2) is 14.4 Å². The molecular weight excluding hydrogens is 225 g/mol. The van der Waals surface area contributed by atoms with E-state index in [4.69, 9.17) is 5.26 Å². The van der Waals surface area contributed by atoms with E-state index in [0.717, 1.165) is 4.90 Å². The van der Waals surface area contributed by atoms with E-state index in [2.05, 4.69) is 9.97 Å². The third-order valence-electron chi connectivity index (χ3n) is 1.77. The summed E-state index contributed by atoms with van der Waals surface area (Å²) >= 11 is 1.29. The summed E-state index contributed by atoms with van der Waals surface area (Å²) in [7, 11) is 0. The highest BCUT2D eigenvalue weighted by molar-refractivity contribution is 7.99. The second-order valence-corrected chi connectivity index (χ2v) is 3.93. The van der Waals surface area contributed by atoms with Crippen molar-refractivity contribution in [1.82, 2.24) is 9.97 Å². The maximum atomic E-state index is 12.7. The smallest absolute Gasteiger partial charge is 0.193 e. The molecule has 5 heteroatoms. The lowest BCUT2D eigenvalue weighted by Gasteiger charge is -1.99. The van der Waals surface area contributed by atoms with Crippen molar-refractivity contribution in [3.63, 3.8) is 0 Å². The Kier molecular flexibility index (Phi) is 3.13. The second kappa shape index (κ2) is 4.73. The average molecular weight is 231 g/mol. The van der Waals surface area contributed by atoms with Crippen molar-refractivity contribution in [2.45, 2.75) is 10.1 Å². The lowest BCUT2D eigenvalue weighted by atomic mass is 10.4. The monoisotopic (exact) mass is 231 g/mol. The van der Waals surface area contributed by atoms with Crippen LogP contribution in [0.1, 0.15) is 5.69 Å². The van der Waals surface area contributed by atoms with Crippen molar-refractivity contribution >= 4 is 11.8 Å². The van der Waals surface area contributed by atoms with Crippen molar-refractivity contribution in [2.24, 2.45) is 0 Å². The zero-order valence-corrected chi connectivity index (χ0v) is 8.91. The summed E-state index contributed by atoms with van der Waals surface area (Å²) in [6.07, 6.45) is 1.53. The first-order valence-corrected chi connectivity index (χ1v) is 5.26. The molecule has 2 rings (SSSR count). The molecular formula is C11H6FN3S. The van der Waals surface area contributed by atoms with Crippen LogP contribution in [0.2, 0.25) is 0 Å². The van der Waals surface area contributed by atoms with Gasteiger partial charge in [0.2, 0.25) is 0 Å². The number of aromatic nitrogens is 2. The van der Waals surface area contributed by atoms with Gasteiger partial charge in [0.15, 0.2) is 5.16 Å². The topological polar surface area (TPSA) is 49.6 Å². The Morgan fingerprint density at radius 2 is 1.94 bits per heavy atom. The molecule has 0 aliphatic heterocycles. The lowest BCUT2D eigenvalue weighted by Crippen LogP contribution is -1.88. The predicted octanol–water partition coefficient (Wildman–Crippen LogP) is 2.64. The van der Waals surface area contributed by atoms with Crippen LogP contribution in [0.5, 0.6) is 0 Å². The van der Waals surface area contributed by atoms with Gasteiger partial charge in [-0.1, -0.05) is 0 Å². The van der Waals surface area contributed by atoms with E-state index in [1.54, 1.807) is 12.1 Å². The fourth-order valence-electron chi connectivity index (χ4n) is 1.06. The normalized spacial score (nSPS) is 9.75. The van der Waals surface area contributed by atoms with Crippen molar-refractivity contribution in [2.75, 3.05) is 0 Å². The number of halogens is 1. The van der Waals surface area contributed by atoms with E-state index >= 15 is 0 Å².